The summed E-state index contributed by atoms with van der Waals surface area (Å²) in [4.78, 5) is 11.7. The molecule has 7 nitrogen and oxygen atoms in total. The Morgan fingerprint density at radius 3 is 3.10 bits per heavy atom. The zero-order chi connectivity index (χ0) is 15.2. The first kappa shape index (κ1) is 15.1. The number of carbonyl (C=O) groups is 1. The van der Waals surface area contributed by atoms with Crippen LogP contribution in [0.15, 0.2) is 23.4 Å². The molecule has 1 heterocycles. The summed E-state index contributed by atoms with van der Waals surface area (Å²) in [6, 6.07) is 5.24. The molecule has 0 radical (unpaired) electrons. The molecule has 5 N–H and O–H groups in total. The second kappa shape index (κ2) is 6.94. The lowest BCUT2D eigenvalue weighted by atomic mass is 10.1. The van der Waals surface area contributed by atoms with Crippen LogP contribution in [0, 0.1) is 0 Å². The highest BCUT2D eigenvalue weighted by atomic mass is 16.5. The number of nitrogens with zero attached hydrogens (tertiary/aromatic N) is 1. The predicted octanol–water partition coefficient (Wildman–Crippen LogP) is 0.158. The lowest BCUT2D eigenvalue weighted by Gasteiger charge is -2.23. The lowest BCUT2D eigenvalue weighted by Crippen LogP contribution is -2.47. The summed E-state index contributed by atoms with van der Waals surface area (Å²) >= 11 is 0. The highest BCUT2D eigenvalue weighted by Gasteiger charge is 2.21. The van der Waals surface area contributed by atoms with E-state index >= 15 is 0 Å². The average Bonchev–Trinajstić information content (AvgIpc) is 2.53. The van der Waals surface area contributed by atoms with E-state index in [9.17, 15) is 4.79 Å². The van der Waals surface area contributed by atoms with Gasteiger partial charge in [0.15, 0.2) is 5.84 Å². The Kier molecular flexibility index (Phi) is 4.99. The van der Waals surface area contributed by atoms with E-state index in [0.717, 1.165) is 24.9 Å². The van der Waals surface area contributed by atoms with E-state index in [1.807, 2.05) is 6.07 Å². The van der Waals surface area contributed by atoms with Crippen molar-refractivity contribution in [3.05, 3.63) is 29.3 Å². The van der Waals surface area contributed by atoms with Gasteiger partial charge in [-0.1, -0.05) is 11.2 Å². The third kappa shape index (κ3) is 3.63. The fourth-order valence-corrected chi connectivity index (χ4v) is 2.33. The molecule has 114 valence electrons. The zero-order valence-corrected chi connectivity index (χ0v) is 11.9. The molecule has 0 aliphatic carbocycles. The fourth-order valence-electron chi connectivity index (χ4n) is 2.33. The van der Waals surface area contributed by atoms with Crippen LogP contribution >= 0.6 is 0 Å². The Labute approximate surface area is 123 Å². The molecular formula is C14H20N4O3. The number of benzene rings is 1. The van der Waals surface area contributed by atoms with E-state index in [0.29, 0.717) is 17.9 Å². The van der Waals surface area contributed by atoms with E-state index in [4.69, 9.17) is 15.7 Å². The van der Waals surface area contributed by atoms with Crippen molar-refractivity contribution in [2.75, 3.05) is 13.7 Å². The van der Waals surface area contributed by atoms with Gasteiger partial charge in [0.05, 0.1) is 18.7 Å². The van der Waals surface area contributed by atoms with Crippen molar-refractivity contribution in [1.82, 2.24) is 10.6 Å². The fraction of sp³-hybridized carbons (Fsp3) is 0.429. The molecule has 1 saturated heterocycles. The Morgan fingerprint density at radius 2 is 2.43 bits per heavy atom. The second-order valence-corrected chi connectivity index (χ2v) is 4.89. The van der Waals surface area contributed by atoms with Crippen molar-refractivity contribution in [2.24, 2.45) is 10.9 Å². The molecule has 1 aliphatic heterocycles. The maximum absolute atomic E-state index is 11.7. The van der Waals surface area contributed by atoms with Crippen LogP contribution in [-0.4, -0.2) is 36.6 Å². The number of piperidine rings is 1. The molecule has 21 heavy (non-hydrogen) atoms. The summed E-state index contributed by atoms with van der Waals surface area (Å²) in [5, 5.41) is 17.9. The van der Waals surface area contributed by atoms with Crippen LogP contribution in [0.2, 0.25) is 0 Å². The first-order valence-electron chi connectivity index (χ1n) is 6.81. The number of oxime groups is 1. The Balaban J connectivity index is 2.08. The van der Waals surface area contributed by atoms with Crippen LogP contribution in [0.3, 0.4) is 0 Å². The van der Waals surface area contributed by atoms with Crippen LogP contribution < -0.4 is 21.1 Å². The van der Waals surface area contributed by atoms with Gasteiger partial charge < -0.3 is 26.3 Å². The number of rotatable bonds is 5. The first-order chi connectivity index (χ1) is 10.2. The summed E-state index contributed by atoms with van der Waals surface area (Å²) in [5.41, 5.74) is 7.08. The van der Waals surface area contributed by atoms with Crippen LogP contribution in [0.4, 0.5) is 0 Å². The molecule has 1 unspecified atom stereocenters. The van der Waals surface area contributed by atoms with Gasteiger partial charge in [-0.15, -0.1) is 0 Å². The van der Waals surface area contributed by atoms with Crippen molar-refractivity contribution in [2.45, 2.75) is 25.4 Å². The molecule has 0 saturated carbocycles. The maximum atomic E-state index is 11.7. The molecule has 1 aliphatic rings. The summed E-state index contributed by atoms with van der Waals surface area (Å²) in [7, 11) is 1.52. The number of hydrogen-bond donors (Lipinski definition) is 4. The van der Waals surface area contributed by atoms with Crippen molar-refractivity contribution in [3.8, 4) is 5.75 Å². The largest absolute Gasteiger partial charge is 0.496 e. The summed E-state index contributed by atoms with van der Waals surface area (Å²) in [6.07, 6.45) is 1.80. The van der Waals surface area contributed by atoms with Gasteiger partial charge in [0.2, 0.25) is 5.91 Å². The number of nitrogens with two attached hydrogens (primary N) is 1. The monoisotopic (exact) mass is 292 g/mol. The number of methoxy groups -OCH3 is 1. The molecule has 1 amide bonds. The molecule has 0 bridgehead atoms. The van der Waals surface area contributed by atoms with E-state index in [-0.39, 0.29) is 17.8 Å². The maximum Gasteiger partial charge on any atom is 0.237 e. The third-order valence-corrected chi connectivity index (χ3v) is 3.49. The van der Waals surface area contributed by atoms with Crippen molar-refractivity contribution in [1.29, 1.82) is 0 Å². The van der Waals surface area contributed by atoms with Gasteiger partial charge in [-0.05, 0) is 30.5 Å². The summed E-state index contributed by atoms with van der Waals surface area (Å²) < 4.78 is 5.18. The van der Waals surface area contributed by atoms with Gasteiger partial charge >= 0.3 is 0 Å². The lowest BCUT2D eigenvalue weighted by molar-refractivity contribution is -0.124. The normalized spacial score (nSPS) is 19.2. The first-order valence-corrected chi connectivity index (χ1v) is 6.81. The van der Waals surface area contributed by atoms with Crippen molar-refractivity contribution in [3.63, 3.8) is 0 Å². The number of hydrogen-bond acceptors (Lipinski definition) is 5. The van der Waals surface area contributed by atoms with E-state index in [1.165, 1.54) is 7.11 Å². The molecule has 1 aromatic carbocycles. The molecule has 1 aromatic rings. The standard InChI is InChI=1S/C14H20N4O3/c1-21-12-5-4-9(7-10(12)13(15)18-20)8-17-11-3-2-6-16-14(11)19/h4-5,7,11,17,20H,2-3,6,8H2,1H3,(H2,15,18)(H,16,19). The highest BCUT2D eigenvalue weighted by molar-refractivity contribution is 5.99. The topological polar surface area (TPSA) is 109 Å². The number of amides is 1. The molecular weight excluding hydrogens is 272 g/mol. The van der Waals surface area contributed by atoms with E-state index in [1.54, 1.807) is 12.1 Å². The second-order valence-electron chi connectivity index (χ2n) is 4.89. The highest BCUT2D eigenvalue weighted by Crippen LogP contribution is 2.20. The SMILES string of the molecule is COc1ccc(CNC2CCCNC2=O)cc1C(N)=NO. The van der Waals surface area contributed by atoms with Crippen LogP contribution in [0.25, 0.3) is 0 Å². The number of ether oxygens (including phenoxy) is 1. The third-order valence-electron chi connectivity index (χ3n) is 3.49. The van der Waals surface area contributed by atoms with Gasteiger partial charge in [0, 0.05) is 13.1 Å². The zero-order valence-electron chi connectivity index (χ0n) is 11.9. The Hall–Kier alpha value is -2.28. The smallest absolute Gasteiger partial charge is 0.237 e. The number of carbonyl (C=O) groups excluding carboxylic acids is 1. The van der Waals surface area contributed by atoms with Crippen molar-refractivity contribution >= 4 is 11.7 Å². The summed E-state index contributed by atoms with van der Waals surface area (Å²) in [5.74, 6) is 0.556. The quantitative estimate of drug-likeness (QED) is 0.267. The summed E-state index contributed by atoms with van der Waals surface area (Å²) in [6.45, 7) is 1.26. The van der Waals surface area contributed by atoms with Crippen molar-refractivity contribution < 1.29 is 14.7 Å². The minimum atomic E-state index is -0.173. The average molecular weight is 292 g/mol. The minimum Gasteiger partial charge on any atom is -0.496 e. The van der Waals surface area contributed by atoms with Gasteiger partial charge in [0.1, 0.15) is 5.75 Å². The van der Waals surface area contributed by atoms with Gasteiger partial charge in [-0.3, -0.25) is 4.79 Å². The molecule has 0 spiro atoms. The van der Waals surface area contributed by atoms with Crippen LogP contribution in [0.1, 0.15) is 24.0 Å². The van der Waals surface area contributed by atoms with Gasteiger partial charge in [0.25, 0.3) is 0 Å². The van der Waals surface area contributed by atoms with Crippen LogP contribution in [0.5, 0.6) is 5.75 Å². The van der Waals surface area contributed by atoms with E-state index in [2.05, 4.69) is 15.8 Å². The molecule has 7 heteroatoms. The Morgan fingerprint density at radius 1 is 1.62 bits per heavy atom. The number of nitrogens with one attached hydrogen (secondary N) is 2. The number of amidine groups is 1. The van der Waals surface area contributed by atoms with Gasteiger partial charge in [-0.25, -0.2) is 0 Å². The van der Waals surface area contributed by atoms with Crippen LogP contribution in [-0.2, 0) is 11.3 Å². The molecule has 1 fully saturated rings. The minimum absolute atomic E-state index is 0.0101. The Bertz CT molecular complexity index is 545. The van der Waals surface area contributed by atoms with E-state index < -0.39 is 0 Å². The molecule has 0 aromatic heterocycles. The molecule has 1 atom stereocenters. The van der Waals surface area contributed by atoms with Gasteiger partial charge in [-0.2, -0.15) is 0 Å². The molecule has 2 rings (SSSR count). The predicted molar refractivity (Wildman–Crippen MR) is 78.4 cm³/mol.